The lowest BCUT2D eigenvalue weighted by molar-refractivity contribution is -0.142. The predicted octanol–water partition coefficient (Wildman–Crippen LogP) is -3.22. The van der Waals surface area contributed by atoms with Crippen molar-refractivity contribution in [2.75, 3.05) is 19.6 Å². The monoisotopic (exact) mass is 348 g/mol. The first kappa shape index (κ1) is 23.4. The first-order chi connectivity index (χ1) is 11.1. The van der Waals surface area contributed by atoms with Crippen molar-refractivity contribution >= 4 is 29.7 Å². The highest BCUT2D eigenvalue weighted by molar-refractivity contribution is 5.88. The molecule has 2 amide bonds. The molecule has 0 aliphatic rings. The Bertz CT molecular complexity index is 459. The van der Waals surface area contributed by atoms with Crippen molar-refractivity contribution in [2.24, 2.45) is 22.2 Å². The van der Waals surface area contributed by atoms with E-state index in [2.05, 4.69) is 15.6 Å². The lowest BCUT2D eigenvalue weighted by atomic mass is 10.1. The molecule has 10 N–H and O–H groups in total. The smallest absolute Gasteiger partial charge is 0.326 e. The minimum Gasteiger partial charge on any atom is -0.481 e. The molecule has 0 radical (unpaired) electrons. The van der Waals surface area contributed by atoms with E-state index in [0.717, 1.165) is 6.92 Å². The number of rotatable bonds is 9. The van der Waals surface area contributed by atoms with E-state index in [9.17, 15) is 14.4 Å². The second-order valence-electron chi connectivity index (χ2n) is 4.41. The molecule has 138 valence electrons. The SMILES string of the molecule is CC(=O)O.NCC(=O)NCC(=O)N[C@@H](CCCN=C(N)N)C(=O)O. The van der Waals surface area contributed by atoms with Crippen LogP contribution in [0, 0.1) is 0 Å². The number of carbonyl (C=O) groups excluding carboxylic acids is 2. The van der Waals surface area contributed by atoms with Gasteiger partial charge in [-0.25, -0.2) is 4.79 Å². The van der Waals surface area contributed by atoms with Crippen LogP contribution >= 0.6 is 0 Å². The summed E-state index contributed by atoms with van der Waals surface area (Å²) < 4.78 is 0. The molecule has 0 heterocycles. The molecular weight excluding hydrogens is 324 g/mol. The first-order valence-corrected chi connectivity index (χ1v) is 6.84. The highest BCUT2D eigenvalue weighted by atomic mass is 16.4. The summed E-state index contributed by atoms with van der Waals surface area (Å²) in [6.45, 7) is 0.785. The number of carboxylic acids is 2. The van der Waals surface area contributed by atoms with Crippen LogP contribution in [0.3, 0.4) is 0 Å². The molecular formula is C12H24N6O6. The third-order valence-corrected chi connectivity index (χ3v) is 2.21. The molecule has 0 aliphatic carbocycles. The average molecular weight is 348 g/mol. The van der Waals surface area contributed by atoms with Crippen molar-refractivity contribution < 1.29 is 29.4 Å². The normalized spacial score (nSPS) is 10.4. The predicted molar refractivity (Wildman–Crippen MR) is 84.9 cm³/mol. The van der Waals surface area contributed by atoms with Crippen molar-refractivity contribution in [1.82, 2.24) is 10.6 Å². The van der Waals surface area contributed by atoms with Gasteiger partial charge < -0.3 is 38.0 Å². The molecule has 0 fully saturated rings. The Labute approximate surface area is 138 Å². The quantitative estimate of drug-likeness (QED) is 0.126. The number of amides is 2. The summed E-state index contributed by atoms with van der Waals surface area (Å²) in [5.41, 5.74) is 15.3. The highest BCUT2D eigenvalue weighted by Crippen LogP contribution is 1.98. The third-order valence-electron chi connectivity index (χ3n) is 2.21. The zero-order valence-corrected chi connectivity index (χ0v) is 13.3. The average Bonchev–Trinajstić information content (AvgIpc) is 2.46. The number of nitrogens with one attached hydrogen (secondary N) is 2. The van der Waals surface area contributed by atoms with E-state index in [1.807, 2.05) is 0 Å². The van der Waals surface area contributed by atoms with Crippen LogP contribution in [0.15, 0.2) is 4.99 Å². The molecule has 0 saturated heterocycles. The Morgan fingerprint density at radius 1 is 1.12 bits per heavy atom. The zero-order valence-electron chi connectivity index (χ0n) is 13.3. The van der Waals surface area contributed by atoms with Crippen molar-refractivity contribution in [3.8, 4) is 0 Å². The second-order valence-corrected chi connectivity index (χ2v) is 4.41. The summed E-state index contributed by atoms with van der Waals surface area (Å²) >= 11 is 0. The number of hydrogen-bond donors (Lipinski definition) is 7. The number of aliphatic carboxylic acids is 2. The van der Waals surface area contributed by atoms with Crippen molar-refractivity contribution in [3.05, 3.63) is 0 Å². The summed E-state index contributed by atoms with van der Waals surface area (Å²) in [7, 11) is 0. The Kier molecular flexibility index (Phi) is 13.4. The van der Waals surface area contributed by atoms with Crippen LogP contribution in [-0.2, 0) is 19.2 Å². The van der Waals surface area contributed by atoms with Gasteiger partial charge in [0.15, 0.2) is 5.96 Å². The van der Waals surface area contributed by atoms with Gasteiger partial charge in [0.25, 0.3) is 5.97 Å². The number of aliphatic imine (C=N–C) groups is 1. The molecule has 0 saturated carbocycles. The van der Waals surface area contributed by atoms with E-state index in [4.69, 9.17) is 32.2 Å². The maximum atomic E-state index is 11.4. The molecule has 0 aromatic carbocycles. The molecule has 12 nitrogen and oxygen atoms in total. The van der Waals surface area contributed by atoms with Gasteiger partial charge in [0.05, 0.1) is 13.1 Å². The molecule has 0 unspecified atom stereocenters. The van der Waals surface area contributed by atoms with E-state index >= 15 is 0 Å². The Morgan fingerprint density at radius 3 is 2.08 bits per heavy atom. The van der Waals surface area contributed by atoms with Crippen LogP contribution in [0.5, 0.6) is 0 Å². The van der Waals surface area contributed by atoms with Gasteiger partial charge in [-0.3, -0.25) is 19.4 Å². The number of guanidine groups is 1. The number of nitrogens with zero attached hydrogens (tertiary/aromatic N) is 1. The topological polar surface area (TPSA) is 223 Å². The van der Waals surface area contributed by atoms with Crippen molar-refractivity contribution in [1.29, 1.82) is 0 Å². The summed E-state index contributed by atoms with van der Waals surface area (Å²) in [5, 5.41) is 20.9. The first-order valence-electron chi connectivity index (χ1n) is 6.84. The van der Waals surface area contributed by atoms with Gasteiger partial charge in [-0.05, 0) is 12.8 Å². The van der Waals surface area contributed by atoms with Gasteiger partial charge in [-0.1, -0.05) is 0 Å². The van der Waals surface area contributed by atoms with Crippen LogP contribution in [0.25, 0.3) is 0 Å². The maximum Gasteiger partial charge on any atom is 0.326 e. The largest absolute Gasteiger partial charge is 0.481 e. The number of hydrogen-bond acceptors (Lipinski definition) is 6. The number of carboxylic acid groups (broad SMARTS) is 2. The number of carbonyl (C=O) groups is 4. The third kappa shape index (κ3) is 17.2. The molecule has 0 bridgehead atoms. The van der Waals surface area contributed by atoms with Gasteiger partial charge in [-0.15, -0.1) is 0 Å². The molecule has 0 rings (SSSR count). The van der Waals surface area contributed by atoms with Crippen LogP contribution in [0.2, 0.25) is 0 Å². The fraction of sp³-hybridized carbons (Fsp3) is 0.583. The lowest BCUT2D eigenvalue weighted by Crippen LogP contribution is -2.46. The van der Waals surface area contributed by atoms with Gasteiger partial charge in [0.1, 0.15) is 6.04 Å². The summed E-state index contributed by atoms with van der Waals surface area (Å²) in [6, 6.07) is -1.06. The Balaban J connectivity index is 0. The van der Waals surface area contributed by atoms with Crippen LogP contribution < -0.4 is 27.8 Å². The summed E-state index contributed by atoms with van der Waals surface area (Å²) in [6.07, 6.45) is 0.562. The van der Waals surface area contributed by atoms with Gasteiger partial charge in [0.2, 0.25) is 11.8 Å². The van der Waals surface area contributed by atoms with Gasteiger partial charge in [-0.2, -0.15) is 0 Å². The van der Waals surface area contributed by atoms with Crippen LogP contribution in [0.1, 0.15) is 19.8 Å². The Morgan fingerprint density at radius 2 is 1.67 bits per heavy atom. The van der Waals surface area contributed by atoms with Gasteiger partial charge >= 0.3 is 5.97 Å². The van der Waals surface area contributed by atoms with E-state index < -0.39 is 29.8 Å². The minimum atomic E-state index is -1.17. The van der Waals surface area contributed by atoms with E-state index in [0.29, 0.717) is 6.42 Å². The maximum absolute atomic E-state index is 11.4. The standard InChI is InChI=1S/C10H20N6O4.C2H4O2/c11-4-7(17)15-5-8(18)16-6(9(19)20)2-1-3-14-10(12)13;1-2(3)4/h6H,1-5,11H2,(H,15,17)(H,16,18)(H,19,20)(H4,12,13,14);1H3,(H,3,4)/t6-;/m0./s1. The van der Waals surface area contributed by atoms with E-state index in [1.54, 1.807) is 0 Å². The molecule has 0 spiro atoms. The van der Waals surface area contributed by atoms with Crippen molar-refractivity contribution in [3.63, 3.8) is 0 Å². The van der Waals surface area contributed by atoms with E-state index in [1.165, 1.54) is 0 Å². The summed E-state index contributed by atoms with van der Waals surface area (Å²) in [4.78, 5) is 45.9. The molecule has 1 atom stereocenters. The van der Waals surface area contributed by atoms with Crippen LogP contribution in [-0.4, -0.2) is 65.6 Å². The molecule has 0 aliphatic heterocycles. The van der Waals surface area contributed by atoms with Gasteiger partial charge in [0, 0.05) is 13.5 Å². The summed E-state index contributed by atoms with van der Waals surface area (Å²) in [5.74, 6) is -3.19. The lowest BCUT2D eigenvalue weighted by Gasteiger charge is -2.14. The fourth-order valence-electron chi connectivity index (χ4n) is 1.26. The Hall–Kier alpha value is -2.89. The zero-order chi connectivity index (χ0) is 19.1. The minimum absolute atomic E-state index is 0.0783. The molecule has 12 heteroatoms. The number of nitrogens with two attached hydrogens (primary N) is 3. The molecule has 0 aromatic rings. The second kappa shape index (κ2) is 13.8. The molecule has 0 aromatic heterocycles. The van der Waals surface area contributed by atoms with Crippen LogP contribution in [0.4, 0.5) is 0 Å². The molecule has 24 heavy (non-hydrogen) atoms. The fourth-order valence-corrected chi connectivity index (χ4v) is 1.26. The van der Waals surface area contributed by atoms with E-state index in [-0.39, 0.29) is 32.0 Å². The highest BCUT2D eigenvalue weighted by Gasteiger charge is 2.19. The van der Waals surface area contributed by atoms with Crippen molar-refractivity contribution in [2.45, 2.75) is 25.8 Å².